The highest BCUT2D eigenvalue weighted by atomic mass is 35.5. The van der Waals surface area contributed by atoms with E-state index in [2.05, 4.69) is 12.2 Å². The van der Waals surface area contributed by atoms with Gasteiger partial charge in [-0.25, -0.2) is 8.42 Å². The Morgan fingerprint density at radius 1 is 1.03 bits per heavy atom. The molecule has 0 unspecified atom stereocenters. The zero-order chi connectivity index (χ0) is 26.7. The Hall–Kier alpha value is -2.58. The van der Waals surface area contributed by atoms with Gasteiger partial charge in [0.05, 0.1) is 11.9 Å². The molecule has 9 heteroatoms. The predicted octanol–water partition coefficient (Wildman–Crippen LogP) is 4.92. The topological polar surface area (TPSA) is 86.8 Å². The summed E-state index contributed by atoms with van der Waals surface area (Å²) < 4.78 is 26.4. The van der Waals surface area contributed by atoms with Crippen LogP contribution in [0.5, 0.6) is 0 Å². The summed E-state index contributed by atoms with van der Waals surface area (Å²) in [6.45, 7) is 6.72. The third-order valence-corrected chi connectivity index (χ3v) is 7.66. The summed E-state index contributed by atoms with van der Waals surface area (Å²) in [6, 6.07) is 14.1. The van der Waals surface area contributed by atoms with E-state index >= 15 is 0 Å². The molecule has 0 aliphatic carbocycles. The Kier molecular flexibility index (Phi) is 11.7. The van der Waals surface area contributed by atoms with Gasteiger partial charge < -0.3 is 10.2 Å². The van der Waals surface area contributed by atoms with Gasteiger partial charge in [0, 0.05) is 31.1 Å². The van der Waals surface area contributed by atoms with Gasteiger partial charge in [0.2, 0.25) is 21.8 Å². The molecule has 0 aliphatic rings. The molecule has 36 heavy (non-hydrogen) atoms. The number of benzene rings is 2. The standard InChI is InChI=1S/C27H38ClN3O4S/c1-5-7-18-29-27(33)24(6-2)30(20-22-13-9-8-10-14-22)26(32)17-12-19-31(36(4,34)35)25-16-11-15-23(28)21(25)3/h8-11,13-16,24H,5-7,12,17-20H2,1-4H3,(H,29,33)/t24-/m0/s1. The van der Waals surface area contributed by atoms with Gasteiger partial charge in [0.15, 0.2) is 0 Å². The van der Waals surface area contributed by atoms with Crippen LogP contribution in [0.1, 0.15) is 57.1 Å². The summed E-state index contributed by atoms with van der Waals surface area (Å²) in [7, 11) is -3.59. The first-order valence-electron chi connectivity index (χ1n) is 12.4. The number of carbonyl (C=O) groups excluding carboxylic acids is 2. The van der Waals surface area contributed by atoms with Gasteiger partial charge in [-0.1, -0.05) is 68.3 Å². The highest BCUT2D eigenvalue weighted by Crippen LogP contribution is 2.28. The van der Waals surface area contributed by atoms with Gasteiger partial charge in [-0.2, -0.15) is 0 Å². The van der Waals surface area contributed by atoms with Gasteiger partial charge in [-0.05, 0) is 49.4 Å². The third-order valence-electron chi connectivity index (χ3n) is 6.07. The Morgan fingerprint density at radius 3 is 2.33 bits per heavy atom. The van der Waals surface area contributed by atoms with E-state index in [0.717, 1.165) is 24.7 Å². The fraction of sp³-hybridized carbons (Fsp3) is 0.481. The second-order valence-electron chi connectivity index (χ2n) is 8.90. The lowest BCUT2D eigenvalue weighted by atomic mass is 10.1. The zero-order valence-electron chi connectivity index (χ0n) is 21.7. The summed E-state index contributed by atoms with van der Waals surface area (Å²) >= 11 is 6.22. The molecule has 0 heterocycles. The van der Waals surface area contributed by atoms with Crippen LogP contribution >= 0.6 is 11.6 Å². The van der Waals surface area contributed by atoms with Crippen molar-refractivity contribution in [3.8, 4) is 0 Å². The minimum Gasteiger partial charge on any atom is -0.354 e. The molecule has 0 saturated carbocycles. The first-order valence-corrected chi connectivity index (χ1v) is 14.7. The van der Waals surface area contributed by atoms with E-state index in [1.807, 2.05) is 37.3 Å². The molecule has 0 saturated heterocycles. The molecule has 0 fully saturated rings. The van der Waals surface area contributed by atoms with Crippen molar-refractivity contribution in [2.45, 2.75) is 65.5 Å². The van der Waals surface area contributed by atoms with E-state index in [4.69, 9.17) is 11.6 Å². The fourth-order valence-electron chi connectivity index (χ4n) is 4.05. The minimum absolute atomic E-state index is 0.108. The van der Waals surface area contributed by atoms with Crippen LogP contribution in [0.4, 0.5) is 5.69 Å². The Morgan fingerprint density at radius 2 is 1.72 bits per heavy atom. The zero-order valence-corrected chi connectivity index (χ0v) is 23.2. The number of sulfonamides is 1. The first kappa shape index (κ1) is 29.6. The van der Waals surface area contributed by atoms with E-state index in [9.17, 15) is 18.0 Å². The van der Waals surface area contributed by atoms with Crippen molar-refractivity contribution in [3.63, 3.8) is 0 Å². The molecular formula is C27H38ClN3O4S. The van der Waals surface area contributed by atoms with Crippen molar-refractivity contribution in [1.82, 2.24) is 10.2 Å². The summed E-state index contributed by atoms with van der Waals surface area (Å²) in [5.74, 6) is -0.352. The maximum atomic E-state index is 13.4. The number of rotatable bonds is 14. The van der Waals surface area contributed by atoms with Crippen LogP contribution in [0.2, 0.25) is 5.02 Å². The van der Waals surface area contributed by atoms with Gasteiger partial charge in [0.25, 0.3) is 0 Å². The van der Waals surface area contributed by atoms with Crippen LogP contribution in [0, 0.1) is 6.92 Å². The molecule has 0 aromatic heterocycles. The second-order valence-corrected chi connectivity index (χ2v) is 11.2. The van der Waals surface area contributed by atoms with Crippen LogP contribution in [0.3, 0.4) is 0 Å². The quantitative estimate of drug-likeness (QED) is 0.348. The second kappa shape index (κ2) is 14.2. The SMILES string of the molecule is CCCCNC(=O)[C@H](CC)N(Cc1ccccc1)C(=O)CCCN(c1cccc(Cl)c1C)S(C)(=O)=O. The Balaban J connectivity index is 2.20. The monoisotopic (exact) mass is 535 g/mol. The normalized spacial score (nSPS) is 12.1. The van der Waals surface area contributed by atoms with Crippen molar-refractivity contribution in [2.75, 3.05) is 23.7 Å². The lowest BCUT2D eigenvalue weighted by molar-refractivity contribution is -0.141. The average molecular weight is 536 g/mol. The summed E-state index contributed by atoms with van der Waals surface area (Å²) in [6.07, 6.45) is 3.87. The Bertz CT molecular complexity index is 1110. The predicted molar refractivity (Wildman–Crippen MR) is 147 cm³/mol. The van der Waals surface area contributed by atoms with Crippen molar-refractivity contribution in [3.05, 3.63) is 64.7 Å². The molecule has 0 radical (unpaired) electrons. The average Bonchev–Trinajstić information content (AvgIpc) is 2.83. The van der Waals surface area contributed by atoms with Gasteiger partial charge in [0.1, 0.15) is 6.04 Å². The molecule has 0 aliphatic heterocycles. The number of carbonyl (C=O) groups is 2. The molecule has 0 spiro atoms. The van der Waals surface area contributed by atoms with E-state index in [1.165, 1.54) is 4.31 Å². The van der Waals surface area contributed by atoms with E-state index in [0.29, 0.717) is 42.2 Å². The van der Waals surface area contributed by atoms with Crippen LogP contribution in [-0.4, -0.2) is 50.5 Å². The summed E-state index contributed by atoms with van der Waals surface area (Å²) in [5.41, 5.74) is 2.09. The van der Waals surface area contributed by atoms with Crippen LogP contribution in [-0.2, 0) is 26.2 Å². The molecule has 2 amide bonds. The maximum absolute atomic E-state index is 13.4. The van der Waals surface area contributed by atoms with Gasteiger partial charge in [-0.3, -0.25) is 13.9 Å². The van der Waals surface area contributed by atoms with Crippen molar-refractivity contribution < 1.29 is 18.0 Å². The Labute approximate surface area is 220 Å². The third kappa shape index (κ3) is 8.52. The lowest BCUT2D eigenvalue weighted by Gasteiger charge is -2.31. The summed E-state index contributed by atoms with van der Waals surface area (Å²) in [4.78, 5) is 28.0. The fourth-order valence-corrected chi connectivity index (χ4v) is 5.24. The van der Waals surface area contributed by atoms with Crippen molar-refractivity contribution in [2.24, 2.45) is 0 Å². The minimum atomic E-state index is -3.59. The van der Waals surface area contributed by atoms with Crippen LogP contribution < -0.4 is 9.62 Å². The number of anilines is 1. The molecule has 0 bridgehead atoms. The van der Waals surface area contributed by atoms with Crippen molar-refractivity contribution >= 4 is 39.1 Å². The van der Waals surface area contributed by atoms with Gasteiger partial charge >= 0.3 is 0 Å². The van der Waals surface area contributed by atoms with Crippen LogP contribution in [0.25, 0.3) is 0 Å². The number of hydrogen-bond donors (Lipinski definition) is 1. The molecule has 2 rings (SSSR count). The lowest BCUT2D eigenvalue weighted by Crippen LogP contribution is -2.49. The highest BCUT2D eigenvalue weighted by Gasteiger charge is 2.29. The van der Waals surface area contributed by atoms with E-state index in [1.54, 1.807) is 30.0 Å². The number of nitrogens with one attached hydrogen (secondary N) is 1. The van der Waals surface area contributed by atoms with Crippen LogP contribution in [0.15, 0.2) is 48.5 Å². The number of amides is 2. The smallest absolute Gasteiger partial charge is 0.242 e. The number of halogens is 1. The highest BCUT2D eigenvalue weighted by molar-refractivity contribution is 7.92. The molecule has 7 nitrogen and oxygen atoms in total. The molecule has 1 atom stereocenters. The van der Waals surface area contributed by atoms with Gasteiger partial charge in [-0.15, -0.1) is 0 Å². The number of hydrogen-bond acceptors (Lipinski definition) is 4. The van der Waals surface area contributed by atoms with Crippen molar-refractivity contribution in [1.29, 1.82) is 0 Å². The first-order chi connectivity index (χ1) is 17.1. The van der Waals surface area contributed by atoms with E-state index in [-0.39, 0.29) is 24.8 Å². The van der Waals surface area contributed by atoms with E-state index < -0.39 is 16.1 Å². The molecule has 198 valence electrons. The summed E-state index contributed by atoms with van der Waals surface area (Å²) in [5, 5.41) is 3.43. The molecule has 2 aromatic rings. The molecule has 1 N–H and O–H groups in total. The number of nitrogens with zero attached hydrogens (tertiary/aromatic N) is 2. The largest absolute Gasteiger partial charge is 0.354 e. The number of unbranched alkanes of at least 4 members (excludes halogenated alkanes) is 1. The molecule has 2 aromatic carbocycles. The maximum Gasteiger partial charge on any atom is 0.242 e. The molecular weight excluding hydrogens is 498 g/mol.